The number of rotatable bonds is 1. The molecule has 18 heavy (non-hydrogen) atoms. The predicted molar refractivity (Wildman–Crippen MR) is 90.9 cm³/mol. The summed E-state index contributed by atoms with van der Waals surface area (Å²) in [7, 11) is 0. The zero-order chi connectivity index (χ0) is 16.8. The van der Waals surface area contributed by atoms with Crippen molar-refractivity contribution in [1.82, 2.24) is 0 Å². The van der Waals surface area contributed by atoms with Gasteiger partial charge in [0.1, 0.15) is 0 Å². The molecule has 0 unspecified atom stereocenters. The fraction of sp³-hybridized carbons (Fsp3) is 0.250. The van der Waals surface area contributed by atoms with Crippen molar-refractivity contribution in [2.24, 2.45) is 0 Å². The second-order valence-electron chi connectivity index (χ2n) is 1.26. The number of aliphatic hydroxyl groups excluding tert-OH is 2. The van der Waals surface area contributed by atoms with Crippen LogP contribution in [0.25, 0.3) is 0 Å². The Balaban J connectivity index is -0.0000000161. The maximum Gasteiger partial charge on any atom is 0.0662 e. The van der Waals surface area contributed by atoms with Crippen LogP contribution < -0.4 is 0 Å². The van der Waals surface area contributed by atoms with Gasteiger partial charge in [0.05, 0.1) is 13.2 Å². The van der Waals surface area contributed by atoms with Crippen LogP contribution in [0.3, 0.4) is 0 Å². The summed E-state index contributed by atoms with van der Waals surface area (Å²) in [6.07, 6.45) is 3.50. The SMILES string of the molecule is C=C.C=C.C=C.C=C.C=CC.C=CC.OCCO. The van der Waals surface area contributed by atoms with E-state index in [0.29, 0.717) is 0 Å². The topological polar surface area (TPSA) is 40.5 Å². The third-order valence-electron chi connectivity index (χ3n) is 0.1000. The van der Waals surface area contributed by atoms with Gasteiger partial charge in [-0.2, -0.15) is 0 Å². The molecule has 0 radical (unpaired) electrons. The molecule has 0 bridgehead atoms. The molecular formula is C16H34O2. The lowest BCUT2D eigenvalue weighted by atomic mass is 10.8. The molecule has 0 saturated carbocycles. The highest BCUT2D eigenvalue weighted by Gasteiger charge is 1.58. The van der Waals surface area contributed by atoms with Crippen molar-refractivity contribution in [2.45, 2.75) is 13.8 Å². The summed E-state index contributed by atoms with van der Waals surface area (Å²) in [5.74, 6) is 0. The summed E-state index contributed by atoms with van der Waals surface area (Å²) >= 11 is 0. The second kappa shape index (κ2) is 569. The van der Waals surface area contributed by atoms with Gasteiger partial charge in [-0.05, 0) is 13.8 Å². The molecule has 0 fully saturated rings. The summed E-state index contributed by atoms with van der Waals surface area (Å²) in [6.45, 7) is 34.2. The first-order chi connectivity index (χ1) is 8.74. The Bertz CT molecular complexity index is 75.1. The highest BCUT2D eigenvalue weighted by Crippen LogP contribution is 1.39. The first-order valence-corrected chi connectivity index (χ1v) is 5.10. The van der Waals surface area contributed by atoms with Crippen molar-refractivity contribution in [3.05, 3.63) is 77.9 Å². The summed E-state index contributed by atoms with van der Waals surface area (Å²) in [5.41, 5.74) is 0. The molecule has 0 aliphatic rings. The van der Waals surface area contributed by atoms with Crippen molar-refractivity contribution < 1.29 is 10.2 Å². The molecule has 0 aliphatic carbocycles. The van der Waals surface area contributed by atoms with E-state index >= 15 is 0 Å². The van der Waals surface area contributed by atoms with Gasteiger partial charge < -0.3 is 10.2 Å². The average molecular weight is 258 g/mol. The molecule has 0 atom stereocenters. The van der Waals surface area contributed by atoms with E-state index < -0.39 is 0 Å². The van der Waals surface area contributed by atoms with Crippen LogP contribution in [0, 0.1) is 0 Å². The van der Waals surface area contributed by atoms with E-state index in [2.05, 4.69) is 65.8 Å². The smallest absolute Gasteiger partial charge is 0.0662 e. The molecule has 0 amide bonds. The van der Waals surface area contributed by atoms with Gasteiger partial charge in [-0.1, -0.05) is 12.2 Å². The van der Waals surface area contributed by atoms with Gasteiger partial charge in [-0.15, -0.1) is 65.8 Å². The van der Waals surface area contributed by atoms with E-state index in [4.69, 9.17) is 10.2 Å². The Hall–Kier alpha value is -1.64. The van der Waals surface area contributed by atoms with Gasteiger partial charge in [0.2, 0.25) is 0 Å². The molecular weight excluding hydrogens is 224 g/mol. The Morgan fingerprint density at radius 1 is 0.611 bits per heavy atom. The fourth-order valence-electron chi connectivity index (χ4n) is 0. The zero-order valence-electron chi connectivity index (χ0n) is 12.5. The van der Waals surface area contributed by atoms with E-state index in [9.17, 15) is 0 Å². The number of hydrogen-bond acceptors (Lipinski definition) is 2. The normalized spacial score (nSPS) is 4.00. The first kappa shape index (κ1) is 44.1. The van der Waals surface area contributed by atoms with Gasteiger partial charge in [0.15, 0.2) is 0 Å². The first-order valence-electron chi connectivity index (χ1n) is 5.10. The minimum absolute atomic E-state index is 0.125. The van der Waals surface area contributed by atoms with E-state index in [1.54, 1.807) is 12.2 Å². The van der Waals surface area contributed by atoms with E-state index in [1.807, 2.05) is 13.8 Å². The molecule has 0 aromatic carbocycles. The molecule has 0 rings (SSSR count). The van der Waals surface area contributed by atoms with Gasteiger partial charge in [0, 0.05) is 0 Å². The third kappa shape index (κ3) is 6260. The van der Waals surface area contributed by atoms with Crippen molar-refractivity contribution in [1.29, 1.82) is 0 Å². The maximum atomic E-state index is 7.62. The highest BCUT2D eigenvalue weighted by molar-refractivity contribution is 4.51. The minimum Gasteiger partial charge on any atom is -0.394 e. The van der Waals surface area contributed by atoms with Crippen LogP contribution in [0.15, 0.2) is 77.9 Å². The van der Waals surface area contributed by atoms with Crippen LogP contribution in [0.1, 0.15) is 13.8 Å². The molecule has 0 aromatic heterocycles. The van der Waals surface area contributed by atoms with Crippen molar-refractivity contribution in [3.8, 4) is 0 Å². The van der Waals surface area contributed by atoms with Crippen molar-refractivity contribution in [2.75, 3.05) is 13.2 Å². The quantitative estimate of drug-likeness (QED) is 0.677. The van der Waals surface area contributed by atoms with Crippen LogP contribution in [0.5, 0.6) is 0 Å². The molecule has 110 valence electrons. The lowest BCUT2D eigenvalue weighted by Crippen LogP contribution is -1.85. The summed E-state index contributed by atoms with van der Waals surface area (Å²) in [5, 5.41) is 15.2. The van der Waals surface area contributed by atoms with Crippen LogP contribution in [0.4, 0.5) is 0 Å². The van der Waals surface area contributed by atoms with Gasteiger partial charge in [-0.3, -0.25) is 0 Å². The average Bonchev–Trinajstić information content (AvgIpc) is 2.49. The third-order valence-corrected chi connectivity index (χ3v) is 0.1000. The van der Waals surface area contributed by atoms with Crippen molar-refractivity contribution >= 4 is 0 Å². The molecule has 0 saturated heterocycles. The largest absolute Gasteiger partial charge is 0.394 e. The Labute approximate surface area is 116 Å². The molecule has 0 aliphatic heterocycles. The lowest BCUT2D eigenvalue weighted by molar-refractivity contribution is 0.186. The van der Waals surface area contributed by atoms with Crippen LogP contribution in [-0.2, 0) is 0 Å². The Kier molecular flexibility index (Phi) is 1390. The van der Waals surface area contributed by atoms with Crippen LogP contribution in [0.2, 0.25) is 0 Å². The fourth-order valence-corrected chi connectivity index (χ4v) is 0. The second-order valence-corrected chi connectivity index (χ2v) is 1.26. The Morgan fingerprint density at radius 2 is 0.667 bits per heavy atom. The lowest BCUT2D eigenvalue weighted by Gasteiger charge is -1.70. The number of hydrogen-bond donors (Lipinski definition) is 2. The molecule has 2 N–H and O–H groups in total. The van der Waals surface area contributed by atoms with E-state index in [-0.39, 0.29) is 13.2 Å². The minimum atomic E-state index is -0.125. The molecule has 2 heteroatoms. The maximum absolute atomic E-state index is 7.62. The molecule has 0 aromatic rings. The molecule has 2 nitrogen and oxygen atoms in total. The van der Waals surface area contributed by atoms with Crippen molar-refractivity contribution in [3.63, 3.8) is 0 Å². The molecule has 0 heterocycles. The Morgan fingerprint density at radius 3 is 0.667 bits per heavy atom. The summed E-state index contributed by atoms with van der Waals surface area (Å²) in [6, 6.07) is 0. The monoisotopic (exact) mass is 258 g/mol. The molecule has 0 spiro atoms. The van der Waals surface area contributed by atoms with Crippen LogP contribution in [-0.4, -0.2) is 23.4 Å². The van der Waals surface area contributed by atoms with Gasteiger partial charge in [-0.25, -0.2) is 0 Å². The van der Waals surface area contributed by atoms with Gasteiger partial charge in [0.25, 0.3) is 0 Å². The van der Waals surface area contributed by atoms with Gasteiger partial charge >= 0.3 is 0 Å². The number of aliphatic hydroxyl groups is 2. The summed E-state index contributed by atoms with van der Waals surface area (Å²) < 4.78 is 0. The standard InChI is InChI=1S/2C3H6.C2H6O2.4C2H4/c2*1-3-2;3-1-2-4;4*1-2/h2*3H,1H2,2H3;3-4H,1-2H2;4*1-2H2. The predicted octanol–water partition coefficient (Wildman–Crippen LogP) is 4.56. The highest BCUT2D eigenvalue weighted by atomic mass is 16.3. The van der Waals surface area contributed by atoms with E-state index in [0.717, 1.165) is 0 Å². The zero-order valence-corrected chi connectivity index (χ0v) is 12.5. The number of allylic oxidation sites excluding steroid dienone is 2. The van der Waals surface area contributed by atoms with E-state index in [1.165, 1.54) is 0 Å². The summed E-state index contributed by atoms with van der Waals surface area (Å²) in [4.78, 5) is 0. The van der Waals surface area contributed by atoms with Crippen LogP contribution >= 0.6 is 0 Å².